The minimum Gasteiger partial charge on any atom is -0.462 e. The molecule has 0 aliphatic carbocycles. The second kappa shape index (κ2) is 67.0. The first-order valence-corrected chi connectivity index (χ1v) is 34.8. The molecule has 10 heteroatoms. The van der Waals surface area contributed by atoms with Gasteiger partial charge in [0.25, 0.3) is 0 Å². The fourth-order valence-corrected chi connectivity index (χ4v) is 9.64. The molecule has 0 saturated carbocycles. The van der Waals surface area contributed by atoms with Gasteiger partial charge < -0.3 is 20.1 Å². The summed E-state index contributed by atoms with van der Waals surface area (Å²) < 4.78 is 33.1. The van der Waals surface area contributed by atoms with E-state index >= 15 is 0 Å². The van der Waals surface area contributed by atoms with Crippen molar-refractivity contribution in [3.8, 4) is 0 Å². The molecule has 0 fully saturated rings. The molecule has 2 atom stereocenters. The van der Waals surface area contributed by atoms with Crippen LogP contribution in [0, 0.1) is 0 Å². The molecule has 0 heterocycles. The van der Waals surface area contributed by atoms with Crippen molar-refractivity contribution in [3.63, 3.8) is 0 Å². The molecule has 0 aromatic heterocycles. The Labute approximate surface area is 509 Å². The first-order valence-electron chi connectivity index (χ1n) is 33.3. The molecule has 0 aromatic carbocycles. The lowest BCUT2D eigenvalue weighted by Crippen LogP contribution is -2.29. The highest BCUT2D eigenvalue weighted by Gasteiger charge is 2.26. The van der Waals surface area contributed by atoms with Gasteiger partial charge in [0.1, 0.15) is 6.61 Å². The number of rotatable bonds is 61. The summed E-state index contributed by atoms with van der Waals surface area (Å²) in [4.78, 5) is 35.3. The molecular weight excluding hydrogens is 1050 g/mol. The van der Waals surface area contributed by atoms with Crippen LogP contribution in [0.5, 0.6) is 0 Å². The smallest absolute Gasteiger partial charge is 0.462 e. The van der Waals surface area contributed by atoms with E-state index in [1.54, 1.807) is 0 Å². The number of hydrogen-bond donors (Lipinski definition) is 2. The van der Waals surface area contributed by atoms with Crippen molar-refractivity contribution in [3.05, 3.63) is 146 Å². The first-order chi connectivity index (χ1) is 40.8. The molecule has 0 aliphatic rings. The van der Waals surface area contributed by atoms with Gasteiger partial charge in [0.05, 0.1) is 13.2 Å². The Bertz CT molecular complexity index is 1870. The van der Waals surface area contributed by atoms with Crippen molar-refractivity contribution in [2.75, 3.05) is 26.4 Å². The Morgan fingerprint density at radius 3 is 0.928 bits per heavy atom. The highest BCUT2D eigenvalue weighted by Crippen LogP contribution is 2.43. The van der Waals surface area contributed by atoms with Crippen LogP contribution in [-0.4, -0.2) is 49.3 Å². The number of phosphoric ester groups is 1. The summed E-state index contributed by atoms with van der Waals surface area (Å²) in [5.41, 5.74) is 5.39. The number of phosphoric acid groups is 1. The van der Waals surface area contributed by atoms with E-state index in [1.165, 1.54) is 116 Å². The number of carbonyl (C=O) groups excluding carboxylic acids is 2. The summed E-state index contributed by atoms with van der Waals surface area (Å²) >= 11 is 0. The van der Waals surface area contributed by atoms with Crippen LogP contribution in [0.2, 0.25) is 0 Å². The predicted octanol–water partition coefficient (Wildman–Crippen LogP) is 21.9. The molecule has 0 aliphatic heterocycles. The van der Waals surface area contributed by atoms with Gasteiger partial charge in [0.2, 0.25) is 0 Å². The quantitative estimate of drug-likeness (QED) is 0.0264. The lowest BCUT2D eigenvalue weighted by molar-refractivity contribution is -0.161. The zero-order valence-electron chi connectivity index (χ0n) is 52.9. The van der Waals surface area contributed by atoms with Gasteiger partial charge in [0.15, 0.2) is 6.10 Å². The summed E-state index contributed by atoms with van der Waals surface area (Å²) in [6, 6.07) is 0. The Balaban J connectivity index is 3.97. The predicted molar refractivity (Wildman–Crippen MR) is 357 cm³/mol. The van der Waals surface area contributed by atoms with Crippen LogP contribution in [0.15, 0.2) is 146 Å². The molecule has 0 spiro atoms. The van der Waals surface area contributed by atoms with Crippen molar-refractivity contribution in [1.82, 2.24) is 0 Å². The minimum absolute atomic E-state index is 0.0424. The van der Waals surface area contributed by atoms with Gasteiger partial charge in [-0.3, -0.25) is 18.6 Å². The van der Waals surface area contributed by atoms with Crippen molar-refractivity contribution in [2.24, 2.45) is 5.73 Å². The molecule has 2 unspecified atom stereocenters. The van der Waals surface area contributed by atoms with E-state index in [-0.39, 0.29) is 38.6 Å². The molecule has 472 valence electrons. The standard InChI is InChI=1S/C73H122NO8P/c1-3-5-7-9-11-13-15-17-19-21-23-25-27-29-31-33-34-35-36-38-39-41-43-45-47-49-51-53-55-57-59-61-63-65-72(75)79-69-71(70-81-83(77,78)80-68-67-74)82-73(76)66-64-62-60-58-56-54-52-50-48-46-44-42-40-37-32-30-28-26-24-22-20-18-16-14-12-10-8-6-4-2/h5-8,11-14,17-20,23-26,30,32,40,42,46,48,52,54,71H,3-4,9-10,15-16,21-22,27-29,31,33-39,41,43-45,47,49-51,53,55-70,74H2,1-2H3,(H,77,78)/b7-5-,8-6-,13-11-,14-12-,19-17-,20-18-,25-23-,26-24-,32-30-,42-40-,48-46-,54-52-. The maximum atomic E-state index is 12.7. The van der Waals surface area contributed by atoms with E-state index in [1.807, 2.05) is 0 Å². The van der Waals surface area contributed by atoms with Crippen LogP contribution in [-0.2, 0) is 32.7 Å². The SMILES string of the molecule is CC/C=C\C/C=C\C/C=C\C/C=C\C/C=C\C/C=C\C/C=C\C/C=C\CCCCCCC(=O)OC(COC(=O)CCCCCCCCCCCCCCCCCCCCCC/C=C\C/C=C\C/C=C\C/C=C\CC)COP(=O)(O)OCCN. The van der Waals surface area contributed by atoms with E-state index in [4.69, 9.17) is 24.3 Å². The van der Waals surface area contributed by atoms with E-state index in [2.05, 4.69) is 160 Å². The largest absolute Gasteiger partial charge is 0.472 e. The van der Waals surface area contributed by atoms with Gasteiger partial charge in [0, 0.05) is 19.4 Å². The molecule has 0 amide bonds. The molecule has 0 rings (SSSR count). The highest BCUT2D eigenvalue weighted by molar-refractivity contribution is 7.47. The normalized spacial score (nSPS) is 13.9. The van der Waals surface area contributed by atoms with E-state index in [0.717, 1.165) is 122 Å². The average Bonchev–Trinajstić information content (AvgIpc) is 3.49. The Morgan fingerprint density at radius 2 is 0.627 bits per heavy atom. The van der Waals surface area contributed by atoms with Crippen LogP contribution in [0.1, 0.15) is 271 Å². The number of ether oxygens (including phenoxy) is 2. The van der Waals surface area contributed by atoms with Crippen LogP contribution in [0.3, 0.4) is 0 Å². The fourth-order valence-electron chi connectivity index (χ4n) is 8.88. The summed E-state index contributed by atoms with van der Waals surface area (Å²) in [7, 11) is -4.41. The monoisotopic (exact) mass is 1170 g/mol. The van der Waals surface area contributed by atoms with Crippen LogP contribution in [0.25, 0.3) is 0 Å². The van der Waals surface area contributed by atoms with E-state index in [9.17, 15) is 19.0 Å². The Hall–Kier alpha value is -4.11. The van der Waals surface area contributed by atoms with Crippen molar-refractivity contribution < 1.29 is 37.6 Å². The third-order valence-electron chi connectivity index (χ3n) is 13.7. The molecular formula is C73H122NO8P. The summed E-state index contributed by atoms with van der Waals surface area (Å²) in [6.07, 6.45) is 96.4. The van der Waals surface area contributed by atoms with E-state index in [0.29, 0.717) is 6.42 Å². The van der Waals surface area contributed by atoms with Crippen molar-refractivity contribution in [2.45, 2.75) is 277 Å². The maximum absolute atomic E-state index is 12.7. The Morgan fingerprint density at radius 1 is 0.361 bits per heavy atom. The highest BCUT2D eigenvalue weighted by atomic mass is 31.2. The zero-order chi connectivity index (χ0) is 60.1. The van der Waals surface area contributed by atoms with Crippen LogP contribution >= 0.6 is 7.82 Å². The van der Waals surface area contributed by atoms with Gasteiger partial charge in [-0.1, -0.05) is 288 Å². The summed E-state index contributed by atoms with van der Waals surface area (Å²) in [5, 5.41) is 0. The summed E-state index contributed by atoms with van der Waals surface area (Å²) in [6.45, 7) is 3.49. The third kappa shape index (κ3) is 66.9. The molecule has 0 bridgehead atoms. The number of hydrogen-bond acceptors (Lipinski definition) is 8. The maximum Gasteiger partial charge on any atom is 0.472 e. The average molecular weight is 1170 g/mol. The lowest BCUT2D eigenvalue weighted by atomic mass is 10.0. The zero-order valence-corrected chi connectivity index (χ0v) is 53.8. The number of unbranched alkanes of at least 4 members (excludes halogenated alkanes) is 24. The van der Waals surface area contributed by atoms with Gasteiger partial charge in [-0.05, 0) is 116 Å². The topological polar surface area (TPSA) is 134 Å². The lowest BCUT2D eigenvalue weighted by Gasteiger charge is -2.19. The molecule has 0 saturated heterocycles. The fraction of sp³-hybridized carbons (Fsp3) is 0.644. The van der Waals surface area contributed by atoms with E-state index < -0.39 is 26.5 Å². The van der Waals surface area contributed by atoms with Gasteiger partial charge in [-0.15, -0.1) is 0 Å². The van der Waals surface area contributed by atoms with Gasteiger partial charge in [-0.25, -0.2) is 4.57 Å². The van der Waals surface area contributed by atoms with Crippen molar-refractivity contribution in [1.29, 1.82) is 0 Å². The molecule has 0 radical (unpaired) electrons. The van der Waals surface area contributed by atoms with Crippen LogP contribution in [0.4, 0.5) is 0 Å². The van der Waals surface area contributed by atoms with Gasteiger partial charge >= 0.3 is 19.8 Å². The van der Waals surface area contributed by atoms with Crippen LogP contribution < -0.4 is 5.73 Å². The number of esters is 2. The molecule has 9 nitrogen and oxygen atoms in total. The van der Waals surface area contributed by atoms with Gasteiger partial charge in [-0.2, -0.15) is 0 Å². The molecule has 0 aromatic rings. The first kappa shape index (κ1) is 78.9. The second-order valence-electron chi connectivity index (χ2n) is 21.6. The molecule has 83 heavy (non-hydrogen) atoms. The second-order valence-corrected chi connectivity index (χ2v) is 23.0. The number of nitrogens with two attached hydrogens (primary N) is 1. The molecule has 3 N–H and O–H groups in total. The third-order valence-corrected chi connectivity index (χ3v) is 14.7. The Kier molecular flexibility index (Phi) is 63.7. The minimum atomic E-state index is -4.41. The number of carbonyl (C=O) groups is 2. The number of allylic oxidation sites excluding steroid dienone is 24. The summed E-state index contributed by atoms with van der Waals surface area (Å²) in [5.74, 6) is -0.859. The van der Waals surface area contributed by atoms with Crippen molar-refractivity contribution >= 4 is 19.8 Å².